The molecule has 0 aliphatic carbocycles. The highest BCUT2D eigenvalue weighted by Crippen LogP contribution is 2.33. The Morgan fingerprint density at radius 2 is 2.33 bits per heavy atom. The van der Waals surface area contributed by atoms with Gasteiger partial charge in [-0.15, -0.1) is 0 Å². The third kappa shape index (κ3) is 2.60. The van der Waals surface area contributed by atoms with Crippen LogP contribution >= 0.6 is 11.8 Å². The quantitative estimate of drug-likeness (QED) is 0.356. The molecule has 2 fully saturated rings. The van der Waals surface area contributed by atoms with E-state index in [0.29, 0.717) is 11.7 Å². The van der Waals surface area contributed by atoms with Crippen molar-refractivity contribution in [1.82, 2.24) is 10.6 Å². The number of amidine groups is 1. The third-order valence-electron chi connectivity index (χ3n) is 2.97. The largest absolute Gasteiger partial charge is 0.388 e. The number of aliphatic hydroxyl groups excluding tert-OH is 2. The Bertz CT molecular complexity index is 373. The molecule has 0 aromatic carbocycles. The number of fused-ring (bicyclic) bond motifs is 1. The van der Waals surface area contributed by atoms with Crippen LogP contribution < -0.4 is 10.6 Å². The molecule has 2 rings (SSSR count). The molecular weight excluding hydrogens is 256 g/mol. The van der Waals surface area contributed by atoms with Crippen molar-refractivity contribution < 1.29 is 14.9 Å². The minimum atomic E-state index is -0.984. The van der Waals surface area contributed by atoms with Crippen LogP contribution in [-0.2, 0) is 4.74 Å². The normalized spacial score (nSPS) is 41.2. The molecule has 2 aliphatic rings. The summed E-state index contributed by atoms with van der Waals surface area (Å²) in [6, 6.07) is 1.60. The van der Waals surface area contributed by atoms with Crippen LogP contribution in [0.15, 0.2) is 4.99 Å². The van der Waals surface area contributed by atoms with E-state index in [0.717, 1.165) is 0 Å². The number of nitrogens with zero attached hydrogens (tertiary/aromatic N) is 2. The lowest BCUT2D eigenvalue weighted by molar-refractivity contribution is -0.153. The second-order valence-electron chi connectivity index (χ2n) is 4.13. The first-order chi connectivity index (χ1) is 8.67. The Hall–Kier alpha value is -0.850. The van der Waals surface area contributed by atoms with Crippen molar-refractivity contribution in [2.45, 2.75) is 29.8 Å². The summed E-state index contributed by atoms with van der Waals surface area (Å²) in [6.07, 6.45) is -2.42. The van der Waals surface area contributed by atoms with Gasteiger partial charge in [-0.05, 0) is 0 Å². The van der Waals surface area contributed by atoms with Gasteiger partial charge in [0.15, 0.2) is 5.17 Å². The summed E-state index contributed by atoms with van der Waals surface area (Å²) in [5, 5.41) is 35.0. The summed E-state index contributed by atoms with van der Waals surface area (Å²) in [4.78, 5) is 4.01. The molecule has 7 nitrogen and oxygen atoms in total. The van der Waals surface area contributed by atoms with E-state index in [4.69, 9.17) is 10.00 Å². The van der Waals surface area contributed by atoms with Gasteiger partial charge in [-0.3, -0.25) is 4.99 Å². The van der Waals surface area contributed by atoms with Gasteiger partial charge in [-0.2, -0.15) is 5.26 Å². The maximum atomic E-state index is 10.0. The standard InChI is InChI=1S/C10H16N4O3S/c1-12-10-14-6-8(16)7(15)5(4-13-3-2-11)17-9(6)18-10/h5-9,13,15-16H,3-4H2,1H3,(H,12,14). The first kappa shape index (κ1) is 13.6. The molecule has 0 aromatic rings. The van der Waals surface area contributed by atoms with E-state index in [1.165, 1.54) is 11.8 Å². The second-order valence-corrected chi connectivity index (χ2v) is 5.22. The highest BCUT2D eigenvalue weighted by molar-refractivity contribution is 8.14. The van der Waals surface area contributed by atoms with Crippen LogP contribution in [-0.4, -0.2) is 65.3 Å². The summed E-state index contributed by atoms with van der Waals surface area (Å²) in [5.41, 5.74) is -0.268. The Balaban J connectivity index is 1.99. The number of aliphatic imine (C=N–C) groups is 1. The minimum absolute atomic E-state index is 0.184. The lowest BCUT2D eigenvalue weighted by atomic mass is 9.98. The molecule has 0 aromatic heterocycles. The average Bonchev–Trinajstić information content (AvgIpc) is 2.79. The van der Waals surface area contributed by atoms with E-state index >= 15 is 0 Å². The molecule has 5 atom stereocenters. The summed E-state index contributed by atoms with van der Waals surface area (Å²) in [6.45, 7) is 0.512. The molecule has 0 bridgehead atoms. The molecule has 2 heterocycles. The number of hydrogen-bond acceptors (Lipinski definition) is 7. The molecule has 0 amide bonds. The first-order valence-corrected chi connectivity index (χ1v) is 6.54. The van der Waals surface area contributed by atoms with Crippen LogP contribution in [0.1, 0.15) is 0 Å². The Morgan fingerprint density at radius 3 is 3.00 bits per heavy atom. The van der Waals surface area contributed by atoms with Gasteiger partial charge >= 0.3 is 0 Å². The zero-order valence-corrected chi connectivity index (χ0v) is 10.7. The van der Waals surface area contributed by atoms with Crippen LogP contribution in [0, 0.1) is 11.3 Å². The Labute approximate surface area is 109 Å². The molecule has 5 unspecified atom stereocenters. The number of ether oxygens (including phenoxy) is 1. The number of nitriles is 1. The van der Waals surface area contributed by atoms with Crippen LogP contribution in [0.5, 0.6) is 0 Å². The van der Waals surface area contributed by atoms with Crippen molar-refractivity contribution in [3.05, 3.63) is 0 Å². The van der Waals surface area contributed by atoms with Gasteiger partial charge in [0.1, 0.15) is 23.7 Å². The van der Waals surface area contributed by atoms with Gasteiger partial charge in [-0.25, -0.2) is 0 Å². The fourth-order valence-corrected chi connectivity index (χ4v) is 3.13. The molecular formula is C10H16N4O3S. The van der Waals surface area contributed by atoms with Gasteiger partial charge in [0.05, 0.1) is 18.7 Å². The first-order valence-electron chi connectivity index (χ1n) is 5.66. The van der Waals surface area contributed by atoms with Crippen molar-refractivity contribution in [3.8, 4) is 6.07 Å². The van der Waals surface area contributed by atoms with Gasteiger partial charge in [-0.1, -0.05) is 11.8 Å². The number of rotatable bonds is 3. The van der Waals surface area contributed by atoms with Crippen molar-refractivity contribution in [2.24, 2.45) is 4.99 Å². The van der Waals surface area contributed by atoms with E-state index in [-0.39, 0.29) is 18.0 Å². The van der Waals surface area contributed by atoms with Crippen molar-refractivity contribution >= 4 is 16.9 Å². The topological polar surface area (TPSA) is 110 Å². The van der Waals surface area contributed by atoms with Crippen molar-refractivity contribution in [1.29, 1.82) is 5.26 Å². The highest BCUT2D eigenvalue weighted by Gasteiger charge is 2.48. The molecule has 2 saturated heterocycles. The number of nitrogens with one attached hydrogen (secondary N) is 2. The lowest BCUT2D eigenvalue weighted by Gasteiger charge is -2.38. The fraction of sp³-hybridized carbons (Fsp3) is 0.800. The van der Waals surface area contributed by atoms with Crippen LogP contribution in [0.2, 0.25) is 0 Å². The zero-order valence-electron chi connectivity index (χ0n) is 9.91. The fourth-order valence-electron chi connectivity index (χ4n) is 2.03. The summed E-state index contributed by atoms with van der Waals surface area (Å²) >= 11 is 1.40. The zero-order chi connectivity index (χ0) is 13.1. The predicted octanol–water partition coefficient (Wildman–Crippen LogP) is -1.76. The summed E-state index contributed by atoms with van der Waals surface area (Å²) < 4.78 is 5.71. The van der Waals surface area contributed by atoms with E-state index in [2.05, 4.69) is 15.6 Å². The predicted molar refractivity (Wildman–Crippen MR) is 67.0 cm³/mol. The Morgan fingerprint density at radius 1 is 1.56 bits per heavy atom. The van der Waals surface area contributed by atoms with Gasteiger partial charge < -0.3 is 25.6 Å². The number of aliphatic hydroxyl groups is 2. The smallest absolute Gasteiger partial charge is 0.159 e. The number of thioether (sulfide) groups is 1. The molecule has 8 heteroatoms. The molecule has 0 spiro atoms. The average molecular weight is 272 g/mol. The van der Waals surface area contributed by atoms with E-state index < -0.39 is 18.3 Å². The van der Waals surface area contributed by atoms with E-state index in [1.807, 2.05) is 6.07 Å². The minimum Gasteiger partial charge on any atom is -0.388 e. The SMILES string of the molecule is CN=C1NC2C(OC(CNCC#N)C(O)C2O)S1. The monoisotopic (exact) mass is 272 g/mol. The Kier molecular flexibility index (Phi) is 4.42. The lowest BCUT2D eigenvalue weighted by Crippen LogP contribution is -2.60. The van der Waals surface area contributed by atoms with Gasteiger partial charge in [0.25, 0.3) is 0 Å². The molecule has 18 heavy (non-hydrogen) atoms. The van der Waals surface area contributed by atoms with E-state index in [9.17, 15) is 10.2 Å². The number of hydrogen-bond donors (Lipinski definition) is 4. The van der Waals surface area contributed by atoms with Gasteiger partial charge in [0.2, 0.25) is 0 Å². The summed E-state index contributed by atoms with van der Waals surface area (Å²) in [5.74, 6) is 0. The summed E-state index contributed by atoms with van der Waals surface area (Å²) in [7, 11) is 1.65. The molecule has 4 N–H and O–H groups in total. The molecule has 0 saturated carbocycles. The van der Waals surface area contributed by atoms with Crippen molar-refractivity contribution in [2.75, 3.05) is 20.1 Å². The maximum Gasteiger partial charge on any atom is 0.159 e. The van der Waals surface area contributed by atoms with Gasteiger partial charge in [0, 0.05) is 13.6 Å². The molecule has 2 aliphatic heterocycles. The van der Waals surface area contributed by atoms with Crippen LogP contribution in [0.25, 0.3) is 0 Å². The second kappa shape index (κ2) is 5.86. The van der Waals surface area contributed by atoms with Crippen molar-refractivity contribution in [3.63, 3.8) is 0 Å². The highest BCUT2D eigenvalue weighted by atomic mass is 32.2. The molecule has 100 valence electrons. The van der Waals surface area contributed by atoms with Crippen LogP contribution in [0.4, 0.5) is 0 Å². The third-order valence-corrected chi connectivity index (χ3v) is 4.13. The maximum absolute atomic E-state index is 10.0. The van der Waals surface area contributed by atoms with E-state index in [1.54, 1.807) is 7.05 Å². The molecule has 0 radical (unpaired) electrons. The van der Waals surface area contributed by atoms with Crippen LogP contribution in [0.3, 0.4) is 0 Å².